The van der Waals surface area contributed by atoms with E-state index in [9.17, 15) is 31.2 Å². The van der Waals surface area contributed by atoms with Gasteiger partial charge in [0.2, 0.25) is 5.91 Å². The van der Waals surface area contributed by atoms with Gasteiger partial charge in [-0.15, -0.1) is 0 Å². The molecule has 0 saturated heterocycles. The second-order valence-corrected chi connectivity index (χ2v) is 11.1. The van der Waals surface area contributed by atoms with Crippen LogP contribution in [0, 0.1) is 0 Å². The highest BCUT2D eigenvalue weighted by Crippen LogP contribution is 2.38. The number of carbonyl (C=O) groups excluding carboxylic acids is 2. The van der Waals surface area contributed by atoms with Crippen LogP contribution in [0.1, 0.15) is 46.6 Å². The number of nitrogens with zero attached hydrogens (tertiary/aromatic N) is 1. The standard InChI is InChI=1S/C20H21F3N2O5S.C5H11NO/c1-19(2,3)30-18(26)24-14-7-8-17-16(12-14)25(9-10-29-17)31(27,28)15-6-4-5-13(11-15)20(21,22)23;1-3-4-6-5(2)7/h4-8,11-12H,9-10H2,1-3H3,(H,24,26);3-4H2,1-2H3,(H,6,7). The number of fused-ring (bicyclic) bond motifs is 1. The molecule has 0 aromatic heterocycles. The lowest BCUT2D eigenvalue weighted by Crippen LogP contribution is -2.38. The lowest BCUT2D eigenvalue weighted by molar-refractivity contribution is -0.137. The largest absolute Gasteiger partial charge is 0.489 e. The van der Waals surface area contributed by atoms with E-state index in [0.29, 0.717) is 6.07 Å². The number of anilines is 2. The Bertz CT molecular complexity index is 1240. The van der Waals surface area contributed by atoms with E-state index in [1.165, 1.54) is 25.1 Å². The van der Waals surface area contributed by atoms with E-state index in [4.69, 9.17) is 9.47 Å². The summed E-state index contributed by atoms with van der Waals surface area (Å²) in [7, 11) is -4.32. The minimum absolute atomic E-state index is 0.0179. The van der Waals surface area contributed by atoms with Gasteiger partial charge in [0.25, 0.3) is 10.0 Å². The maximum absolute atomic E-state index is 13.1. The minimum atomic E-state index is -4.68. The molecule has 2 aromatic rings. The molecule has 3 rings (SSSR count). The fourth-order valence-electron chi connectivity index (χ4n) is 3.20. The van der Waals surface area contributed by atoms with Crippen molar-refractivity contribution in [1.82, 2.24) is 5.32 Å². The second-order valence-electron chi connectivity index (χ2n) is 9.24. The van der Waals surface area contributed by atoms with Gasteiger partial charge in [0.1, 0.15) is 18.0 Å². The number of sulfonamides is 1. The third-order valence-corrected chi connectivity index (χ3v) is 6.61. The Morgan fingerprint density at radius 3 is 2.34 bits per heavy atom. The summed E-state index contributed by atoms with van der Waals surface area (Å²) in [4.78, 5) is 21.6. The average molecular weight is 560 g/mol. The SMILES string of the molecule is CC(C)(C)OC(=O)Nc1ccc2c(c1)N(S(=O)(=O)c1cccc(C(F)(F)F)c1)CCO2.CCCNC(C)=O. The summed E-state index contributed by atoms with van der Waals surface area (Å²) in [6.45, 7) is 9.33. The topological polar surface area (TPSA) is 114 Å². The summed E-state index contributed by atoms with van der Waals surface area (Å²) < 4.78 is 77.0. The molecule has 0 aliphatic carbocycles. The number of benzene rings is 2. The zero-order chi connectivity index (χ0) is 28.7. The maximum Gasteiger partial charge on any atom is 0.416 e. The molecular weight excluding hydrogens is 527 g/mol. The van der Waals surface area contributed by atoms with Crippen LogP contribution in [0.5, 0.6) is 5.75 Å². The monoisotopic (exact) mass is 559 g/mol. The first-order valence-electron chi connectivity index (χ1n) is 11.8. The van der Waals surface area contributed by atoms with Gasteiger partial charge in [0.05, 0.1) is 22.7 Å². The second kappa shape index (κ2) is 12.4. The molecule has 0 fully saturated rings. The minimum Gasteiger partial charge on any atom is -0.489 e. The molecular formula is C25H32F3N3O6S. The molecule has 0 saturated carbocycles. The molecule has 2 amide bonds. The van der Waals surface area contributed by atoms with Gasteiger partial charge in [0, 0.05) is 19.2 Å². The number of alkyl halides is 3. The fraction of sp³-hybridized carbons (Fsp3) is 0.440. The summed E-state index contributed by atoms with van der Waals surface area (Å²) in [6.07, 6.45) is -4.41. The highest BCUT2D eigenvalue weighted by atomic mass is 32.2. The fourth-order valence-corrected chi connectivity index (χ4v) is 4.70. The van der Waals surface area contributed by atoms with Crippen molar-refractivity contribution >= 4 is 33.4 Å². The summed E-state index contributed by atoms with van der Waals surface area (Å²) in [5.41, 5.74) is -1.47. The molecule has 0 unspecified atom stereocenters. The lowest BCUT2D eigenvalue weighted by atomic mass is 10.2. The summed E-state index contributed by atoms with van der Waals surface area (Å²) in [5.74, 6) is 0.276. The molecule has 1 aliphatic heterocycles. The Labute approximate surface area is 220 Å². The van der Waals surface area contributed by atoms with E-state index in [1.807, 2.05) is 6.92 Å². The Kier molecular flexibility index (Phi) is 10.0. The first-order chi connectivity index (χ1) is 17.5. The van der Waals surface area contributed by atoms with E-state index < -0.39 is 38.4 Å². The quantitative estimate of drug-likeness (QED) is 0.522. The van der Waals surface area contributed by atoms with E-state index in [-0.39, 0.29) is 36.2 Å². The van der Waals surface area contributed by atoms with E-state index >= 15 is 0 Å². The zero-order valence-corrected chi connectivity index (χ0v) is 22.6. The first-order valence-corrected chi connectivity index (χ1v) is 13.2. The number of ether oxygens (including phenoxy) is 2. The third kappa shape index (κ3) is 8.82. The Morgan fingerprint density at radius 1 is 1.11 bits per heavy atom. The molecule has 9 nitrogen and oxygen atoms in total. The molecule has 0 spiro atoms. The van der Waals surface area contributed by atoms with Crippen molar-refractivity contribution in [3.05, 3.63) is 48.0 Å². The highest BCUT2D eigenvalue weighted by molar-refractivity contribution is 7.92. The Balaban J connectivity index is 0.000000638. The van der Waals surface area contributed by atoms with Crippen LogP contribution in [0.4, 0.5) is 29.3 Å². The van der Waals surface area contributed by atoms with Gasteiger partial charge in [-0.25, -0.2) is 13.2 Å². The average Bonchev–Trinajstić information content (AvgIpc) is 2.81. The normalized spacial score (nSPS) is 13.3. The van der Waals surface area contributed by atoms with Gasteiger partial charge < -0.3 is 14.8 Å². The van der Waals surface area contributed by atoms with Crippen LogP contribution in [0.15, 0.2) is 47.4 Å². The van der Waals surface area contributed by atoms with Crippen LogP contribution in [0.25, 0.3) is 0 Å². The number of hydrogen-bond acceptors (Lipinski definition) is 6. The van der Waals surface area contributed by atoms with Crippen LogP contribution in [-0.2, 0) is 25.7 Å². The zero-order valence-electron chi connectivity index (χ0n) is 21.8. The summed E-state index contributed by atoms with van der Waals surface area (Å²) in [6, 6.07) is 7.87. The van der Waals surface area contributed by atoms with Crippen LogP contribution in [0.2, 0.25) is 0 Å². The number of rotatable bonds is 5. The van der Waals surface area contributed by atoms with Crippen molar-refractivity contribution < 1.29 is 40.7 Å². The van der Waals surface area contributed by atoms with Gasteiger partial charge in [0.15, 0.2) is 0 Å². The highest BCUT2D eigenvalue weighted by Gasteiger charge is 2.35. The molecule has 210 valence electrons. The molecule has 0 atom stereocenters. The molecule has 0 radical (unpaired) electrons. The van der Waals surface area contributed by atoms with Crippen LogP contribution >= 0.6 is 0 Å². The van der Waals surface area contributed by atoms with E-state index in [1.54, 1.807) is 20.8 Å². The molecule has 38 heavy (non-hydrogen) atoms. The molecule has 0 bridgehead atoms. The number of nitrogens with one attached hydrogen (secondary N) is 2. The summed E-state index contributed by atoms with van der Waals surface area (Å²) in [5, 5.41) is 5.16. The van der Waals surface area contributed by atoms with E-state index in [2.05, 4.69) is 10.6 Å². The molecule has 2 N–H and O–H groups in total. The summed E-state index contributed by atoms with van der Waals surface area (Å²) >= 11 is 0. The van der Waals surface area contributed by atoms with Gasteiger partial charge in [-0.1, -0.05) is 13.0 Å². The van der Waals surface area contributed by atoms with Crippen molar-refractivity contribution in [2.24, 2.45) is 0 Å². The number of carbonyl (C=O) groups is 2. The van der Waals surface area contributed by atoms with Gasteiger partial charge in [-0.2, -0.15) is 13.2 Å². The Hall–Kier alpha value is -3.48. The molecule has 13 heteroatoms. The smallest absolute Gasteiger partial charge is 0.416 e. The van der Waals surface area contributed by atoms with Crippen LogP contribution in [-0.4, -0.2) is 45.7 Å². The van der Waals surface area contributed by atoms with Crippen LogP contribution < -0.4 is 19.7 Å². The van der Waals surface area contributed by atoms with Crippen molar-refractivity contribution in [3.8, 4) is 5.75 Å². The number of halogens is 3. The van der Waals surface area contributed by atoms with Crippen molar-refractivity contribution in [1.29, 1.82) is 0 Å². The number of amides is 2. The van der Waals surface area contributed by atoms with Gasteiger partial charge in [-0.3, -0.25) is 14.4 Å². The van der Waals surface area contributed by atoms with Gasteiger partial charge >= 0.3 is 12.3 Å². The molecule has 1 heterocycles. The van der Waals surface area contributed by atoms with Crippen molar-refractivity contribution in [2.75, 3.05) is 29.3 Å². The van der Waals surface area contributed by atoms with Crippen molar-refractivity contribution in [2.45, 2.75) is 57.7 Å². The van der Waals surface area contributed by atoms with Gasteiger partial charge in [-0.05, 0) is 63.6 Å². The molecule has 2 aromatic carbocycles. The van der Waals surface area contributed by atoms with E-state index in [0.717, 1.165) is 35.5 Å². The predicted octanol–water partition coefficient (Wildman–Crippen LogP) is 5.17. The lowest BCUT2D eigenvalue weighted by Gasteiger charge is -2.31. The Morgan fingerprint density at radius 2 is 1.79 bits per heavy atom. The van der Waals surface area contributed by atoms with Crippen molar-refractivity contribution in [3.63, 3.8) is 0 Å². The third-order valence-electron chi connectivity index (χ3n) is 4.80. The molecule has 1 aliphatic rings. The first kappa shape index (κ1) is 30.7. The predicted molar refractivity (Wildman–Crippen MR) is 137 cm³/mol. The van der Waals surface area contributed by atoms with Crippen LogP contribution in [0.3, 0.4) is 0 Å². The maximum atomic E-state index is 13.1. The number of hydrogen-bond donors (Lipinski definition) is 2.